The summed E-state index contributed by atoms with van der Waals surface area (Å²) >= 11 is 0. The monoisotopic (exact) mass is 206 g/mol. The van der Waals surface area contributed by atoms with Crippen molar-refractivity contribution in [3.8, 4) is 0 Å². The number of hydrogen-bond donors (Lipinski definition) is 1. The average Bonchev–Trinajstić information content (AvgIpc) is 2.50. The maximum absolute atomic E-state index is 5.82. The summed E-state index contributed by atoms with van der Waals surface area (Å²) in [6.45, 7) is 5.83. The van der Waals surface area contributed by atoms with Crippen LogP contribution in [0.15, 0.2) is 18.2 Å². The van der Waals surface area contributed by atoms with Crippen molar-refractivity contribution in [3.05, 3.63) is 23.8 Å². The minimum absolute atomic E-state index is 0.814. The quantitative estimate of drug-likeness (QED) is 0.712. The van der Waals surface area contributed by atoms with Gasteiger partial charge in [-0.2, -0.15) is 0 Å². The number of benzene rings is 1. The lowest BCUT2D eigenvalue weighted by Gasteiger charge is -2.24. The van der Waals surface area contributed by atoms with Crippen molar-refractivity contribution in [2.24, 2.45) is 0 Å². The highest BCUT2D eigenvalue weighted by atomic mass is 16.5. The van der Waals surface area contributed by atoms with Crippen molar-refractivity contribution in [2.45, 2.75) is 13.3 Å². The Morgan fingerprint density at radius 2 is 2.13 bits per heavy atom. The topological polar surface area (TPSA) is 38.5 Å². The van der Waals surface area contributed by atoms with E-state index in [1.807, 2.05) is 6.07 Å². The van der Waals surface area contributed by atoms with Gasteiger partial charge in [0, 0.05) is 31.1 Å². The molecule has 1 aliphatic rings. The molecule has 3 nitrogen and oxygen atoms in total. The Labute approximate surface area is 90.8 Å². The zero-order valence-electron chi connectivity index (χ0n) is 9.20. The number of nitrogen functional groups attached to an aromatic ring is 1. The third-order valence-electron chi connectivity index (χ3n) is 2.80. The summed E-state index contributed by atoms with van der Waals surface area (Å²) in [7, 11) is 0. The van der Waals surface area contributed by atoms with Gasteiger partial charge >= 0.3 is 0 Å². The largest absolute Gasteiger partial charge is 0.399 e. The number of nitrogens with zero attached hydrogens (tertiary/aromatic N) is 1. The smallest absolute Gasteiger partial charge is 0.0641 e. The van der Waals surface area contributed by atoms with Crippen molar-refractivity contribution in [1.82, 2.24) is 0 Å². The number of rotatable bonds is 1. The highest BCUT2D eigenvalue weighted by Crippen LogP contribution is 2.23. The SMILES string of the molecule is Cc1ccc(N)cc1N1CCCOCC1. The highest BCUT2D eigenvalue weighted by Gasteiger charge is 2.11. The second-order valence-corrected chi connectivity index (χ2v) is 4.00. The van der Waals surface area contributed by atoms with Gasteiger partial charge in [0.1, 0.15) is 0 Å². The minimum Gasteiger partial charge on any atom is -0.399 e. The molecule has 0 bridgehead atoms. The van der Waals surface area contributed by atoms with E-state index in [1.165, 1.54) is 11.3 Å². The molecule has 0 spiro atoms. The van der Waals surface area contributed by atoms with Crippen LogP contribution in [-0.2, 0) is 4.74 Å². The zero-order chi connectivity index (χ0) is 10.7. The fraction of sp³-hybridized carbons (Fsp3) is 0.500. The number of ether oxygens (including phenoxy) is 1. The van der Waals surface area contributed by atoms with Crippen LogP contribution in [0.3, 0.4) is 0 Å². The molecule has 0 aromatic heterocycles. The lowest BCUT2D eigenvalue weighted by atomic mass is 10.1. The van der Waals surface area contributed by atoms with Gasteiger partial charge in [-0.1, -0.05) is 6.07 Å². The van der Waals surface area contributed by atoms with Gasteiger partial charge in [0.2, 0.25) is 0 Å². The molecule has 1 fully saturated rings. The molecule has 0 amide bonds. The Bertz CT molecular complexity index is 330. The summed E-state index contributed by atoms with van der Waals surface area (Å²) in [4.78, 5) is 2.36. The Hall–Kier alpha value is -1.22. The summed E-state index contributed by atoms with van der Waals surface area (Å²) in [5.41, 5.74) is 9.18. The standard InChI is InChI=1S/C12H18N2O/c1-10-3-4-11(13)9-12(10)14-5-2-7-15-8-6-14/h3-4,9H,2,5-8,13H2,1H3. The predicted octanol–water partition coefficient (Wildman–Crippen LogP) is 1.80. The number of nitrogens with two attached hydrogens (primary N) is 1. The molecular formula is C12H18N2O. The first-order valence-corrected chi connectivity index (χ1v) is 5.46. The van der Waals surface area contributed by atoms with Crippen molar-refractivity contribution < 1.29 is 4.74 Å². The summed E-state index contributed by atoms with van der Waals surface area (Å²) in [6.07, 6.45) is 1.09. The molecule has 1 aromatic rings. The summed E-state index contributed by atoms with van der Waals surface area (Å²) < 4.78 is 5.44. The molecule has 0 atom stereocenters. The number of anilines is 2. The molecule has 15 heavy (non-hydrogen) atoms. The van der Waals surface area contributed by atoms with Crippen LogP contribution >= 0.6 is 0 Å². The molecule has 0 unspecified atom stereocenters. The first kappa shape index (κ1) is 10.3. The molecule has 0 radical (unpaired) electrons. The van der Waals surface area contributed by atoms with E-state index in [0.717, 1.165) is 38.4 Å². The van der Waals surface area contributed by atoms with Gasteiger partial charge in [0.25, 0.3) is 0 Å². The second-order valence-electron chi connectivity index (χ2n) is 4.00. The van der Waals surface area contributed by atoms with E-state index in [1.54, 1.807) is 0 Å². The molecule has 3 heteroatoms. The minimum atomic E-state index is 0.814. The second kappa shape index (κ2) is 4.53. The van der Waals surface area contributed by atoms with Crippen LogP contribution in [0.25, 0.3) is 0 Å². The molecule has 1 saturated heterocycles. The number of aryl methyl sites for hydroxylation is 1. The van der Waals surface area contributed by atoms with Crippen LogP contribution in [0.2, 0.25) is 0 Å². The van der Waals surface area contributed by atoms with E-state index in [-0.39, 0.29) is 0 Å². The zero-order valence-corrected chi connectivity index (χ0v) is 9.20. The van der Waals surface area contributed by atoms with Crippen molar-refractivity contribution in [3.63, 3.8) is 0 Å². The molecule has 0 aliphatic carbocycles. The van der Waals surface area contributed by atoms with Gasteiger partial charge in [-0.3, -0.25) is 0 Å². The van der Waals surface area contributed by atoms with Crippen LogP contribution < -0.4 is 10.6 Å². The third-order valence-corrected chi connectivity index (χ3v) is 2.80. The predicted molar refractivity (Wildman–Crippen MR) is 63.2 cm³/mol. The van der Waals surface area contributed by atoms with E-state index < -0.39 is 0 Å². The maximum atomic E-state index is 5.82. The normalized spacial score (nSPS) is 17.5. The van der Waals surface area contributed by atoms with Crippen LogP contribution in [0.1, 0.15) is 12.0 Å². The van der Waals surface area contributed by atoms with E-state index in [9.17, 15) is 0 Å². The molecule has 0 saturated carbocycles. The lowest BCUT2D eigenvalue weighted by Crippen LogP contribution is -2.26. The molecule has 1 aromatic carbocycles. The van der Waals surface area contributed by atoms with Gasteiger partial charge < -0.3 is 15.4 Å². The third kappa shape index (κ3) is 2.42. The Morgan fingerprint density at radius 1 is 1.27 bits per heavy atom. The Kier molecular flexibility index (Phi) is 3.11. The van der Waals surface area contributed by atoms with Crippen LogP contribution in [-0.4, -0.2) is 26.3 Å². The van der Waals surface area contributed by atoms with Gasteiger partial charge in [-0.15, -0.1) is 0 Å². The Balaban J connectivity index is 2.22. The molecule has 1 aliphatic heterocycles. The van der Waals surface area contributed by atoms with Gasteiger partial charge in [-0.25, -0.2) is 0 Å². The van der Waals surface area contributed by atoms with Gasteiger partial charge in [-0.05, 0) is 31.0 Å². The average molecular weight is 206 g/mol. The van der Waals surface area contributed by atoms with E-state index in [2.05, 4.69) is 24.0 Å². The lowest BCUT2D eigenvalue weighted by molar-refractivity contribution is 0.152. The number of hydrogen-bond acceptors (Lipinski definition) is 3. The first-order valence-electron chi connectivity index (χ1n) is 5.46. The van der Waals surface area contributed by atoms with Crippen molar-refractivity contribution in [1.29, 1.82) is 0 Å². The highest BCUT2D eigenvalue weighted by molar-refractivity contribution is 5.60. The Morgan fingerprint density at radius 3 is 3.00 bits per heavy atom. The molecule has 2 N–H and O–H groups in total. The molecule has 82 valence electrons. The molecule has 2 rings (SSSR count). The van der Waals surface area contributed by atoms with Crippen LogP contribution in [0.4, 0.5) is 11.4 Å². The molecule has 1 heterocycles. The van der Waals surface area contributed by atoms with Gasteiger partial charge in [0.05, 0.1) is 6.61 Å². The van der Waals surface area contributed by atoms with Crippen LogP contribution in [0, 0.1) is 6.92 Å². The first-order chi connectivity index (χ1) is 7.27. The fourth-order valence-electron chi connectivity index (χ4n) is 1.95. The maximum Gasteiger partial charge on any atom is 0.0641 e. The summed E-state index contributed by atoms with van der Waals surface area (Å²) in [5.74, 6) is 0. The summed E-state index contributed by atoms with van der Waals surface area (Å²) in [6, 6.07) is 6.09. The molecular weight excluding hydrogens is 188 g/mol. The van der Waals surface area contributed by atoms with Crippen molar-refractivity contribution in [2.75, 3.05) is 36.9 Å². The van der Waals surface area contributed by atoms with E-state index in [4.69, 9.17) is 10.5 Å². The van der Waals surface area contributed by atoms with Gasteiger partial charge in [0.15, 0.2) is 0 Å². The van der Waals surface area contributed by atoms with Crippen molar-refractivity contribution >= 4 is 11.4 Å². The van der Waals surface area contributed by atoms with Crippen LogP contribution in [0.5, 0.6) is 0 Å². The fourth-order valence-corrected chi connectivity index (χ4v) is 1.95. The summed E-state index contributed by atoms with van der Waals surface area (Å²) in [5, 5.41) is 0. The van der Waals surface area contributed by atoms with E-state index in [0.29, 0.717) is 0 Å². The van der Waals surface area contributed by atoms with E-state index >= 15 is 0 Å².